The van der Waals surface area contributed by atoms with Crippen molar-refractivity contribution in [3.63, 3.8) is 0 Å². The summed E-state index contributed by atoms with van der Waals surface area (Å²) in [5.41, 5.74) is 2.16. The Bertz CT molecular complexity index is 880. The molecule has 32 heavy (non-hydrogen) atoms. The molecule has 6 heteroatoms. The van der Waals surface area contributed by atoms with Crippen molar-refractivity contribution < 1.29 is 9.59 Å². The molecule has 0 spiro atoms. The van der Waals surface area contributed by atoms with Crippen molar-refractivity contribution in [2.75, 3.05) is 5.75 Å². The lowest BCUT2D eigenvalue weighted by molar-refractivity contribution is -0.139. The predicted molar refractivity (Wildman–Crippen MR) is 133 cm³/mol. The molecular formula is C26H33ClN2O2S. The van der Waals surface area contributed by atoms with Crippen molar-refractivity contribution in [3.05, 3.63) is 64.7 Å². The first-order valence-electron chi connectivity index (χ1n) is 11.5. The highest BCUT2D eigenvalue weighted by Crippen LogP contribution is 2.22. The summed E-state index contributed by atoms with van der Waals surface area (Å²) in [6.07, 6.45) is 6.17. The van der Waals surface area contributed by atoms with Crippen LogP contribution in [0.25, 0.3) is 0 Å². The number of benzene rings is 2. The number of hydrogen-bond donors (Lipinski definition) is 1. The Balaban J connectivity index is 1.73. The number of amides is 2. The highest BCUT2D eigenvalue weighted by atomic mass is 35.5. The maximum absolute atomic E-state index is 13.4. The molecule has 2 amide bonds. The van der Waals surface area contributed by atoms with E-state index in [0.29, 0.717) is 23.7 Å². The van der Waals surface area contributed by atoms with Gasteiger partial charge in [0.15, 0.2) is 0 Å². The van der Waals surface area contributed by atoms with Crippen molar-refractivity contribution in [1.29, 1.82) is 0 Å². The lowest BCUT2D eigenvalue weighted by Gasteiger charge is -2.32. The second-order valence-electron chi connectivity index (χ2n) is 8.52. The molecule has 172 valence electrons. The van der Waals surface area contributed by atoms with Crippen LogP contribution in [0.3, 0.4) is 0 Å². The van der Waals surface area contributed by atoms with Gasteiger partial charge in [-0.3, -0.25) is 9.59 Å². The van der Waals surface area contributed by atoms with Gasteiger partial charge in [-0.15, -0.1) is 11.8 Å². The number of thioether (sulfide) groups is 1. The molecular weight excluding hydrogens is 440 g/mol. The minimum atomic E-state index is -0.487. The zero-order chi connectivity index (χ0) is 22.9. The first kappa shape index (κ1) is 24.7. The number of nitrogens with zero attached hydrogens (tertiary/aromatic N) is 1. The molecule has 0 aliphatic heterocycles. The van der Waals surface area contributed by atoms with Gasteiger partial charge in [0, 0.05) is 22.5 Å². The van der Waals surface area contributed by atoms with Crippen LogP contribution >= 0.6 is 23.4 Å². The average Bonchev–Trinajstić information content (AvgIpc) is 2.80. The Kier molecular flexibility index (Phi) is 9.49. The van der Waals surface area contributed by atoms with Gasteiger partial charge in [-0.1, -0.05) is 67.6 Å². The Hall–Kier alpha value is -1.98. The molecule has 2 aromatic carbocycles. The molecule has 0 bridgehead atoms. The van der Waals surface area contributed by atoms with E-state index >= 15 is 0 Å². The van der Waals surface area contributed by atoms with Gasteiger partial charge in [0.1, 0.15) is 6.04 Å². The molecule has 2 aromatic rings. The van der Waals surface area contributed by atoms with E-state index in [2.05, 4.69) is 5.32 Å². The molecule has 4 nitrogen and oxygen atoms in total. The van der Waals surface area contributed by atoms with E-state index in [0.717, 1.165) is 36.1 Å². The van der Waals surface area contributed by atoms with Gasteiger partial charge in [0.05, 0.1) is 5.75 Å². The molecule has 1 aliphatic carbocycles. The van der Waals surface area contributed by atoms with E-state index in [4.69, 9.17) is 11.6 Å². The number of hydrogen-bond acceptors (Lipinski definition) is 3. The summed E-state index contributed by atoms with van der Waals surface area (Å²) in [5, 5.41) is 3.88. The third kappa shape index (κ3) is 7.28. The van der Waals surface area contributed by atoms with Gasteiger partial charge in [-0.2, -0.15) is 0 Å². The fraction of sp³-hybridized carbons (Fsp3) is 0.462. The standard InChI is InChI=1S/C26H33ClN2O2S/c1-3-24(26(31)28-22-7-5-4-6-8-22)29(17-20-11-13-21(27)14-12-20)25(30)18-32-23-15-9-19(2)10-16-23/h9-16,22,24H,3-8,17-18H2,1-2H3,(H,28,31). The molecule has 0 saturated heterocycles. The Labute approximate surface area is 201 Å². The molecule has 3 rings (SSSR count). The normalized spacial score (nSPS) is 15.2. The minimum Gasteiger partial charge on any atom is -0.352 e. The highest BCUT2D eigenvalue weighted by Gasteiger charge is 2.30. The summed E-state index contributed by atoms with van der Waals surface area (Å²) in [7, 11) is 0. The number of carbonyl (C=O) groups excluding carboxylic acids is 2. The van der Waals surface area contributed by atoms with Crippen LogP contribution in [0.2, 0.25) is 5.02 Å². The van der Waals surface area contributed by atoms with Crippen LogP contribution < -0.4 is 5.32 Å². The number of aryl methyl sites for hydroxylation is 1. The maximum atomic E-state index is 13.4. The van der Waals surface area contributed by atoms with Crippen molar-refractivity contribution in [3.8, 4) is 0 Å². The summed E-state index contributed by atoms with van der Waals surface area (Å²) in [6, 6.07) is 15.4. The van der Waals surface area contributed by atoms with Crippen LogP contribution in [0, 0.1) is 6.92 Å². The van der Waals surface area contributed by atoms with E-state index in [9.17, 15) is 9.59 Å². The lowest BCUT2D eigenvalue weighted by atomic mass is 9.95. The minimum absolute atomic E-state index is 0.0313. The maximum Gasteiger partial charge on any atom is 0.243 e. The number of rotatable bonds is 9. The smallest absolute Gasteiger partial charge is 0.243 e. The molecule has 1 saturated carbocycles. The fourth-order valence-electron chi connectivity index (χ4n) is 4.11. The van der Waals surface area contributed by atoms with Crippen molar-refractivity contribution in [2.24, 2.45) is 0 Å². The molecule has 1 aliphatic rings. The lowest BCUT2D eigenvalue weighted by Crippen LogP contribution is -2.52. The monoisotopic (exact) mass is 472 g/mol. The van der Waals surface area contributed by atoms with E-state index in [1.54, 1.807) is 4.90 Å². The fourth-order valence-corrected chi connectivity index (χ4v) is 5.02. The van der Waals surface area contributed by atoms with Gasteiger partial charge in [0.25, 0.3) is 0 Å². The average molecular weight is 473 g/mol. The van der Waals surface area contributed by atoms with E-state index in [-0.39, 0.29) is 17.9 Å². The van der Waals surface area contributed by atoms with Gasteiger partial charge in [-0.05, 0) is 56.0 Å². The van der Waals surface area contributed by atoms with Gasteiger partial charge >= 0.3 is 0 Å². The number of halogens is 1. The van der Waals surface area contributed by atoms with Crippen LogP contribution in [-0.2, 0) is 16.1 Å². The summed E-state index contributed by atoms with van der Waals surface area (Å²) >= 11 is 7.55. The Morgan fingerprint density at radius 2 is 1.72 bits per heavy atom. The van der Waals surface area contributed by atoms with Crippen LogP contribution in [-0.4, -0.2) is 34.6 Å². The van der Waals surface area contributed by atoms with Crippen molar-refractivity contribution >= 4 is 35.2 Å². The molecule has 0 aromatic heterocycles. The van der Waals surface area contributed by atoms with Crippen LogP contribution in [0.5, 0.6) is 0 Å². The van der Waals surface area contributed by atoms with E-state index in [1.807, 2.05) is 62.4 Å². The summed E-state index contributed by atoms with van der Waals surface area (Å²) < 4.78 is 0. The first-order valence-corrected chi connectivity index (χ1v) is 12.9. The second kappa shape index (κ2) is 12.3. The molecule has 0 radical (unpaired) electrons. The summed E-state index contributed by atoms with van der Waals surface area (Å²) in [4.78, 5) is 29.4. The van der Waals surface area contributed by atoms with Crippen molar-refractivity contribution in [1.82, 2.24) is 10.2 Å². The molecule has 1 N–H and O–H groups in total. The summed E-state index contributed by atoms with van der Waals surface area (Å²) in [5.74, 6) is 0.224. The second-order valence-corrected chi connectivity index (χ2v) is 10.0. The van der Waals surface area contributed by atoms with Gasteiger partial charge in [0.2, 0.25) is 11.8 Å². The summed E-state index contributed by atoms with van der Waals surface area (Å²) in [6.45, 7) is 4.41. The quantitative estimate of drug-likeness (QED) is 0.455. The zero-order valence-electron chi connectivity index (χ0n) is 19.0. The molecule has 1 unspecified atom stereocenters. The highest BCUT2D eigenvalue weighted by molar-refractivity contribution is 8.00. The van der Waals surface area contributed by atoms with E-state index in [1.165, 1.54) is 23.7 Å². The predicted octanol–water partition coefficient (Wildman–Crippen LogP) is 6.00. The number of nitrogens with one attached hydrogen (secondary N) is 1. The van der Waals surface area contributed by atoms with Gasteiger partial charge < -0.3 is 10.2 Å². The van der Waals surface area contributed by atoms with Gasteiger partial charge in [-0.25, -0.2) is 0 Å². The third-order valence-electron chi connectivity index (χ3n) is 5.99. The number of carbonyl (C=O) groups is 2. The van der Waals surface area contributed by atoms with Crippen LogP contribution in [0.1, 0.15) is 56.6 Å². The zero-order valence-corrected chi connectivity index (χ0v) is 20.6. The Morgan fingerprint density at radius 3 is 2.34 bits per heavy atom. The largest absolute Gasteiger partial charge is 0.352 e. The molecule has 1 fully saturated rings. The topological polar surface area (TPSA) is 49.4 Å². The molecule has 1 atom stereocenters. The molecule has 0 heterocycles. The third-order valence-corrected chi connectivity index (χ3v) is 7.24. The SMILES string of the molecule is CCC(C(=O)NC1CCCCC1)N(Cc1ccc(Cl)cc1)C(=O)CSc1ccc(C)cc1. The van der Waals surface area contributed by atoms with E-state index < -0.39 is 6.04 Å². The van der Waals surface area contributed by atoms with Crippen LogP contribution in [0.4, 0.5) is 0 Å². The Morgan fingerprint density at radius 1 is 1.06 bits per heavy atom. The van der Waals surface area contributed by atoms with Crippen LogP contribution in [0.15, 0.2) is 53.4 Å². The van der Waals surface area contributed by atoms with Crippen molar-refractivity contribution in [2.45, 2.75) is 75.9 Å². The first-order chi connectivity index (χ1) is 15.5.